The van der Waals surface area contributed by atoms with Gasteiger partial charge >= 0.3 is 0 Å². The molecule has 1 aliphatic rings. The maximum atomic E-state index is 5.51. The van der Waals surface area contributed by atoms with Crippen molar-refractivity contribution in [3.05, 3.63) is 0 Å². The van der Waals surface area contributed by atoms with E-state index in [4.69, 9.17) is 4.74 Å². The van der Waals surface area contributed by atoms with Crippen LogP contribution >= 0.6 is 0 Å². The van der Waals surface area contributed by atoms with Crippen LogP contribution in [0.25, 0.3) is 0 Å². The molecule has 2 atom stereocenters. The van der Waals surface area contributed by atoms with Gasteiger partial charge in [0.15, 0.2) is 0 Å². The maximum absolute atomic E-state index is 5.51. The molecule has 1 fully saturated rings. The molecule has 0 amide bonds. The van der Waals surface area contributed by atoms with Crippen molar-refractivity contribution in [1.82, 2.24) is 5.32 Å². The normalized spacial score (nSPS) is 26.2. The molecule has 0 radical (unpaired) electrons. The Labute approximate surface area is 101 Å². The topological polar surface area (TPSA) is 21.3 Å². The fourth-order valence-electron chi connectivity index (χ4n) is 2.63. The zero-order valence-electron chi connectivity index (χ0n) is 11.3. The zero-order chi connectivity index (χ0) is 11.8. The Morgan fingerprint density at radius 1 is 1.25 bits per heavy atom. The van der Waals surface area contributed by atoms with Crippen LogP contribution in [-0.2, 0) is 4.74 Å². The first-order valence-corrected chi connectivity index (χ1v) is 7.04. The van der Waals surface area contributed by atoms with Gasteiger partial charge in [0.05, 0.1) is 12.7 Å². The summed E-state index contributed by atoms with van der Waals surface area (Å²) in [7, 11) is 0. The van der Waals surface area contributed by atoms with Gasteiger partial charge in [-0.25, -0.2) is 0 Å². The fraction of sp³-hybridized carbons (Fsp3) is 1.00. The maximum Gasteiger partial charge on any atom is 0.0594 e. The van der Waals surface area contributed by atoms with Crippen molar-refractivity contribution in [2.45, 2.75) is 59.0 Å². The van der Waals surface area contributed by atoms with Gasteiger partial charge < -0.3 is 10.1 Å². The minimum absolute atomic E-state index is 0.362. The number of rotatable bonds is 7. The number of hydrogen-bond acceptors (Lipinski definition) is 2. The van der Waals surface area contributed by atoms with Crippen molar-refractivity contribution in [3.63, 3.8) is 0 Å². The third-order valence-corrected chi connectivity index (χ3v) is 3.63. The van der Waals surface area contributed by atoms with Crippen molar-refractivity contribution < 1.29 is 4.74 Å². The first kappa shape index (κ1) is 14.0. The molecule has 2 unspecified atom stereocenters. The van der Waals surface area contributed by atoms with Crippen LogP contribution in [0.4, 0.5) is 0 Å². The lowest BCUT2D eigenvalue weighted by Crippen LogP contribution is -2.30. The molecule has 1 N–H and O–H groups in total. The van der Waals surface area contributed by atoms with Crippen LogP contribution in [0.3, 0.4) is 0 Å². The van der Waals surface area contributed by atoms with E-state index in [0.29, 0.717) is 6.10 Å². The molecule has 0 heterocycles. The average molecular weight is 227 g/mol. The minimum Gasteiger partial charge on any atom is -0.377 e. The van der Waals surface area contributed by atoms with Gasteiger partial charge in [-0.2, -0.15) is 0 Å². The van der Waals surface area contributed by atoms with Crippen molar-refractivity contribution in [2.24, 2.45) is 11.8 Å². The van der Waals surface area contributed by atoms with Gasteiger partial charge in [-0.1, -0.05) is 26.2 Å². The van der Waals surface area contributed by atoms with Crippen LogP contribution in [0, 0.1) is 11.8 Å². The van der Waals surface area contributed by atoms with Gasteiger partial charge in [0.1, 0.15) is 0 Å². The van der Waals surface area contributed by atoms with Crippen molar-refractivity contribution >= 4 is 0 Å². The smallest absolute Gasteiger partial charge is 0.0594 e. The molecule has 1 saturated carbocycles. The molecule has 0 spiro atoms. The molecule has 0 saturated heterocycles. The molecule has 2 heteroatoms. The highest BCUT2D eigenvalue weighted by Crippen LogP contribution is 2.30. The van der Waals surface area contributed by atoms with Crippen molar-refractivity contribution in [2.75, 3.05) is 19.7 Å². The Kier molecular flexibility index (Phi) is 7.06. The molecule has 0 aliphatic heterocycles. The van der Waals surface area contributed by atoms with Crippen LogP contribution in [0.1, 0.15) is 52.9 Å². The molecule has 16 heavy (non-hydrogen) atoms. The number of hydrogen-bond donors (Lipinski definition) is 1. The van der Waals surface area contributed by atoms with Crippen LogP contribution in [-0.4, -0.2) is 25.8 Å². The molecule has 1 rings (SSSR count). The van der Waals surface area contributed by atoms with Crippen LogP contribution in [0.5, 0.6) is 0 Å². The summed E-state index contributed by atoms with van der Waals surface area (Å²) in [4.78, 5) is 0. The summed E-state index contributed by atoms with van der Waals surface area (Å²) in [5, 5.41) is 3.53. The Hall–Kier alpha value is -0.0800. The second-order valence-corrected chi connectivity index (χ2v) is 5.43. The van der Waals surface area contributed by atoms with E-state index < -0.39 is 0 Å². The number of nitrogens with one attached hydrogen (secondary N) is 1. The quantitative estimate of drug-likeness (QED) is 0.674. The van der Waals surface area contributed by atoms with E-state index in [1.165, 1.54) is 38.6 Å². The molecule has 0 aromatic carbocycles. The summed E-state index contributed by atoms with van der Waals surface area (Å²) < 4.78 is 5.51. The Morgan fingerprint density at radius 3 is 2.69 bits per heavy atom. The van der Waals surface area contributed by atoms with Gasteiger partial charge in [-0.05, 0) is 45.1 Å². The van der Waals surface area contributed by atoms with Gasteiger partial charge in [0.25, 0.3) is 0 Å². The summed E-state index contributed by atoms with van der Waals surface area (Å²) in [6.45, 7) is 9.56. The molecule has 0 aromatic heterocycles. The van der Waals surface area contributed by atoms with E-state index >= 15 is 0 Å². The predicted molar refractivity (Wildman–Crippen MR) is 69.7 cm³/mol. The van der Waals surface area contributed by atoms with E-state index in [-0.39, 0.29) is 0 Å². The largest absolute Gasteiger partial charge is 0.377 e. The molecule has 0 aromatic rings. The molecule has 0 bridgehead atoms. The van der Waals surface area contributed by atoms with Crippen LogP contribution < -0.4 is 5.32 Å². The van der Waals surface area contributed by atoms with E-state index in [9.17, 15) is 0 Å². The average Bonchev–Trinajstić information content (AvgIpc) is 2.28. The fourth-order valence-corrected chi connectivity index (χ4v) is 2.63. The summed E-state index contributed by atoms with van der Waals surface area (Å²) in [5.41, 5.74) is 0. The predicted octanol–water partition coefficient (Wildman–Crippen LogP) is 3.22. The Bertz CT molecular complexity index is 170. The van der Waals surface area contributed by atoms with Gasteiger partial charge in [-0.3, -0.25) is 0 Å². The van der Waals surface area contributed by atoms with Gasteiger partial charge in [0, 0.05) is 6.54 Å². The highest BCUT2D eigenvalue weighted by atomic mass is 16.5. The highest BCUT2D eigenvalue weighted by molar-refractivity contribution is 4.73. The first-order valence-electron chi connectivity index (χ1n) is 7.04. The lowest BCUT2D eigenvalue weighted by molar-refractivity contribution is 0.0798. The molecular formula is C14H29NO. The summed E-state index contributed by atoms with van der Waals surface area (Å²) in [6, 6.07) is 0. The van der Waals surface area contributed by atoms with E-state index in [1.54, 1.807) is 0 Å². The number of ether oxygens (including phenoxy) is 1. The molecule has 1 aliphatic carbocycles. The minimum atomic E-state index is 0.362. The Balaban J connectivity index is 1.99. The SMILES string of the molecule is CCC1CCCC(CNCCOC(C)C)C1. The van der Waals surface area contributed by atoms with Gasteiger partial charge in [-0.15, -0.1) is 0 Å². The standard InChI is InChI=1S/C14H29NO/c1-4-13-6-5-7-14(10-13)11-15-8-9-16-12(2)3/h12-15H,4-11H2,1-3H3. The first-order chi connectivity index (χ1) is 7.72. The molecular weight excluding hydrogens is 198 g/mol. The second-order valence-electron chi connectivity index (χ2n) is 5.43. The van der Waals surface area contributed by atoms with E-state index in [1.807, 2.05) is 0 Å². The van der Waals surface area contributed by atoms with E-state index in [0.717, 1.165) is 25.0 Å². The third kappa shape index (κ3) is 5.86. The summed E-state index contributed by atoms with van der Waals surface area (Å²) >= 11 is 0. The highest BCUT2D eigenvalue weighted by Gasteiger charge is 2.19. The van der Waals surface area contributed by atoms with Gasteiger partial charge in [0.2, 0.25) is 0 Å². The van der Waals surface area contributed by atoms with Crippen LogP contribution in [0.15, 0.2) is 0 Å². The van der Waals surface area contributed by atoms with Crippen molar-refractivity contribution in [3.8, 4) is 0 Å². The molecule has 96 valence electrons. The monoisotopic (exact) mass is 227 g/mol. The Morgan fingerprint density at radius 2 is 2.00 bits per heavy atom. The lowest BCUT2D eigenvalue weighted by Gasteiger charge is -2.28. The second kappa shape index (κ2) is 8.08. The lowest BCUT2D eigenvalue weighted by atomic mass is 9.80. The molecule has 2 nitrogen and oxygen atoms in total. The van der Waals surface area contributed by atoms with Crippen molar-refractivity contribution in [1.29, 1.82) is 0 Å². The zero-order valence-corrected chi connectivity index (χ0v) is 11.3. The summed E-state index contributed by atoms with van der Waals surface area (Å²) in [6.07, 6.45) is 7.49. The third-order valence-electron chi connectivity index (χ3n) is 3.63. The van der Waals surface area contributed by atoms with E-state index in [2.05, 4.69) is 26.1 Å². The van der Waals surface area contributed by atoms with Crippen LogP contribution in [0.2, 0.25) is 0 Å². The summed E-state index contributed by atoms with van der Waals surface area (Å²) in [5.74, 6) is 1.91.